The fraction of sp³-hybridized carbons (Fsp3) is 0.625. The highest BCUT2D eigenvalue weighted by molar-refractivity contribution is 5.37. The first kappa shape index (κ1) is 13.1. The molecule has 0 aromatic heterocycles. The number of rotatable bonds is 2. The van der Waals surface area contributed by atoms with E-state index < -0.39 is 0 Å². The van der Waals surface area contributed by atoms with Gasteiger partial charge in [-0.3, -0.25) is 4.90 Å². The van der Waals surface area contributed by atoms with Gasteiger partial charge in [-0.2, -0.15) is 0 Å². The van der Waals surface area contributed by atoms with Crippen molar-refractivity contribution in [2.75, 3.05) is 27.2 Å². The van der Waals surface area contributed by atoms with Crippen molar-refractivity contribution >= 4 is 0 Å². The molecule has 1 aliphatic heterocycles. The molecule has 2 unspecified atom stereocenters. The number of fused-ring (bicyclic) bond motifs is 1. The molecular formula is C16H25N3. The van der Waals surface area contributed by atoms with Crippen molar-refractivity contribution in [1.82, 2.24) is 9.80 Å². The zero-order valence-corrected chi connectivity index (χ0v) is 12.0. The lowest BCUT2D eigenvalue weighted by atomic mass is 10.00. The molecule has 1 aromatic rings. The summed E-state index contributed by atoms with van der Waals surface area (Å²) in [4.78, 5) is 5.01. The van der Waals surface area contributed by atoms with Crippen LogP contribution in [0.25, 0.3) is 0 Å². The van der Waals surface area contributed by atoms with Crippen molar-refractivity contribution in [1.29, 1.82) is 0 Å². The summed E-state index contributed by atoms with van der Waals surface area (Å²) < 4.78 is 0. The fourth-order valence-electron chi connectivity index (χ4n) is 3.71. The van der Waals surface area contributed by atoms with Crippen molar-refractivity contribution in [2.24, 2.45) is 5.73 Å². The largest absolute Gasteiger partial charge is 0.324 e. The van der Waals surface area contributed by atoms with Crippen LogP contribution in [0.15, 0.2) is 24.3 Å². The number of nitrogens with zero attached hydrogens (tertiary/aromatic N) is 2. The Morgan fingerprint density at radius 3 is 2.37 bits per heavy atom. The van der Waals surface area contributed by atoms with Gasteiger partial charge in [0.25, 0.3) is 0 Å². The van der Waals surface area contributed by atoms with Gasteiger partial charge in [-0.05, 0) is 44.5 Å². The van der Waals surface area contributed by atoms with E-state index in [1.54, 1.807) is 0 Å². The molecule has 0 amide bonds. The molecule has 0 radical (unpaired) electrons. The molecule has 19 heavy (non-hydrogen) atoms. The summed E-state index contributed by atoms with van der Waals surface area (Å²) in [5.74, 6) is 0. The van der Waals surface area contributed by atoms with Crippen LogP contribution in [-0.2, 0) is 0 Å². The maximum Gasteiger partial charge on any atom is 0.0369 e. The minimum Gasteiger partial charge on any atom is -0.324 e. The normalized spacial score (nSPS) is 28.8. The van der Waals surface area contributed by atoms with Crippen molar-refractivity contribution in [3.8, 4) is 0 Å². The second-order valence-corrected chi connectivity index (χ2v) is 6.22. The second-order valence-electron chi connectivity index (χ2n) is 6.22. The molecule has 104 valence electrons. The quantitative estimate of drug-likeness (QED) is 0.883. The van der Waals surface area contributed by atoms with Crippen LogP contribution in [0.1, 0.15) is 42.5 Å². The number of benzene rings is 1. The van der Waals surface area contributed by atoms with Gasteiger partial charge in [0.05, 0.1) is 0 Å². The molecular weight excluding hydrogens is 234 g/mol. The molecule has 1 saturated heterocycles. The Morgan fingerprint density at radius 2 is 1.74 bits per heavy atom. The first-order valence-corrected chi connectivity index (χ1v) is 7.41. The zero-order valence-electron chi connectivity index (χ0n) is 12.0. The molecule has 0 bridgehead atoms. The van der Waals surface area contributed by atoms with Crippen LogP contribution in [0.2, 0.25) is 0 Å². The first-order valence-electron chi connectivity index (χ1n) is 7.41. The minimum atomic E-state index is 0.229. The van der Waals surface area contributed by atoms with E-state index in [0.717, 1.165) is 12.5 Å². The Bertz CT molecular complexity index is 435. The molecule has 0 saturated carbocycles. The highest BCUT2D eigenvalue weighted by Gasteiger charge is 2.34. The standard InChI is InChI=1S/C16H25N3/c1-18(2)12-7-9-19(10-8-12)16-11-15(17)13-5-3-4-6-14(13)16/h3-6,12,15-16H,7-11,17H2,1-2H3. The molecule has 1 fully saturated rings. The molecule has 2 atom stereocenters. The maximum absolute atomic E-state index is 6.28. The molecule has 0 spiro atoms. The predicted molar refractivity (Wildman–Crippen MR) is 79.0 cm³/mol. The summed E-state index contributed by atoms with van der Waals surface area (Å²) in [6, 6.07) is 10.3. The average molecular weight is 259 g/mol. The molecule has 2 N–H and O–H groups in total. The number of likely N-dealkylation sites (tertiary alicyclic amines) is 1. The summed E-state index contributed by atoms with van der Waals surface area (Å²) in [5, 5.41) is 0. The Hall–Kier alpha value is -0.900. The van der Waals surface area contributed by atoms with Crippen LogP contribution < -0.4 is 5.73 Å². The van der Waals surface area contributed by atoms with Crippen LogP contribution in [0.4, 0.5) is 0 Å². The highest BCUT2D eigenvalue weighted by Crippen LogP contribution is 2.41. The van der Waals surface area contributed by atoms with E-state index >= 15 is 0 Å². The van der Waals surface area contributed by atoms with Crippen molar-refractivity contribution in [3.05, 3.63) is 35.4 Å². The van der Waals surface area contributed by atoms with E-state index in [-0.39, 0.29) is 6.04 Å². The smallest absolute Gasteiger partial charge is 0.0369 e. The maximum atomic E-state index is 6.28. The van der Waals surface area contributed by atoms with Crippen LogP contribution in [0.3, 0.4) is 0 Å². The molecule has 1 aliphatic carbocycles. The van der Waals surface area contributed by atoms with E-state index in [0.29, 0.717) is 6.04 Å². The third-order valence-corrected chi connectivity index (χ3v) is 4.90. The summed E-state index contributed by atoms with van der Waals surface area (Å²) in [7, 11) is 4.39. The van der Waals surface area contributed by atoms with Crippen molar-refractivity contribution < 1.29 is 0 Å². The fourth-order valence-corrected chi connectivity index (χ4v) is 3.71. The van der Waals surface area contributed by atoms with E-state index in [1.807, 2.05) is 0 Å². The topological polar surface area (TPSA) is 32.5 Å². The van der Waals surface area contributed by atoms with Gasteiger partial charge >= 0.3 is 0 Å². The SMILES string of the molecule is CN(C)C1CCN(C2CC(N)c3ccccc32)CC1. The van der Waals surface area contributed by atoms with Crippen LogP contribution in [0.5, 0.6) is 0 Å². The number of nitrogens with two attached hydrogens (primary N) is 1. The Labute approximate surface area is 116 Å². The predicted octanol–water partition coefficient (Wildman–Crippen LogP) is 2.16. The summed E-state index contributed by atoms with van der Waals surface area (Å²) in [5.41, 5.74) is 9.12. The van der Waals surface area contributed by atoms with Gasteiger partial charge in [0.1, 0.15) is 0 Å². The van der Waals surface area contributed by atoms with Gasteiger partial charge in [-0.25, -0.2) is 0 Å². The summed E-state index contributed by atoms with van der Waals surface area (Å²) in [6.45, 7) is 2.41. The van der Waals surface area contributed by atoms with Crippen LogP contribution in [-0.4, -0.2) is 43.0 Å². The molecule has 1 heterocycles. The van der Waals surface area contributed by atoms with Crippen LogP contribution in [0, 0.1) is 0 Å². The van der Waals surface area contributed by atoms with Gasteiger partial charge in [-0.1, -0.05) is 24.3 Å². The molecule has 1 aromatic carbocycles. The zero-order chi connectivity index (χ0) is 13.4. The van der Waals surface area contributed by atoms with Crippen molar-refractivity contribution in [3.63, 3.8) is 0 Å². The van der Waals surface area contributed by atoms with Crippen molar-refractivity contribution in [2.45, 2.75) is 37.4 Å². The van der Waals surface area contributed by atoms with Crippen LogP contribution >= 0.6 is 0 Å². The van der Waals surface area contributed by atoms with E-state index in [4.69, 9.17) is 5.73 Å². The number of hydrogen-bond acceptors (Lipinski definition) is 3. The average Bonchev–Trinajstić information content (AvgIpc) is 2.77. The number of piperidine rings is 1. The van der Waals surface area contributed by atoms with Gasteiger partial charge in [0, 0.05) is 31.2 Å². The number of hydrogen-bond donors (Lipinski definition) is 1. The van der Waals surface area contributed by atoms with Gasteiger partial charge in [0.2, 0.25) is 0 Å². The van der Waals surface area contributed by atoms with Gasteiger partial charge in [-0.15, -0.1) is 0 Å². The molecule has 2 aliphatic rings. The van der Waals surface area contributed by atoms with Gasteiger partial charge in [0.15, 0.2) is 0 Å². The minimum absolute atomic E-state index is 0.229. The summed E-state index contributed by atoms with van der Waals surface area (Å²) in [6.07, 6.45) is 3.65. The second kappa shape index (κ2) is 5.23. The Morgan fingerprint density at radius 1 is 1.11 bits per heavy atom. The van der Waals surface area contributed by atoms with E-state index in [1.165, 1.54) is 37.1 Å². The third-order valence-electron chi connectivity index (χ3n) is 4.90. The lowest BCUT2D eigenvalue weighted by molar-refractivity contribution is 0.106. The lowest BCUT2D eigenvalue weighted by Gasteiger charge is -2.38. The highest BCUT2D eigenvalue weighted by atomic mass is 15.2. The first-order chi connectivity index (χ1) is 9.16. The summed E-state index contributed by atoms with van der Waals surface area (Å²) >= 11 is 0. The molecule has 3 rings (SSSR count). The Kier molecular flexibility index (Phi) is 3.61. The molecule has 3 nitrogen and oxygen atoms in total. The Balaban J connectivity index is 1.72. The third kappa shape index (κ3) is 2.42. The van der Waals surface area contributed by atoms with E-state index in [9.17, 15) is 0 Å². The van der Waals surface area contributed by atoms with Gasteiger partial charge < -0.3 is 10.6 Å². The molecule has 3 heteroatoms. The van der Waals surface area contributed by atoms with E-state index in [2.05, 4.69) is 48.2 Å². The lowest BCUT2D eigenvalue weighted by Crippen LogP contribution is -2.43. The monoisotopic (exact) mass is 259 g/mol.